The summed E-state index contributed by atoms with van der Waals surface area (Å²) in [4.78, 5) is 7.58. The van der Waals surface area contributed by atoms with Crippen molar-refractivity contribution in [1.29, 1.82) is 0 Å². The van der Waals surface area contributed by atoms with Gasteiger partial charge in [0.25, 0.3) is 0 Å². The summed E-state index contributed by atoms with van der Waals surface area (Å²) in [7, 11) is 0. The van der Waals surface area contributed by atoms with Crippen LogP contribution in [0.5, 0.6) is 5.88 Å². The second-order valence-corrected chi connectivity index (χ2v) is 4.16. The molecule has 2 rings (SSSR count). The van der Waals surface area contributed by atoms with Gasteiger partial charge in [-0.15, -0.1) is 0 Å². The quantitative estimate of drug-likeness (QED) is 0.757. The second-order valence-electron chi connectivity index (χ2n) is 2.58. The maximum absolute atomic E-state index is 9.43. The Balaban J connectivity index is 2.98. The highest BCUT2D eigenvalue weighted by Gasteiger charge is 2.12. The van der Waals surface area contributed by atoms with Crippen LogP contribution in [0.3, 0.4) is 0 Å². The third-order valence-electron chi connectivity index (χ3n) is 1.74. The van der Waals surface area contributed by atoms with E-state index in [1.165, 1.54) is 6.33 Å². The number of benzene rings is 1. The van der Waals surface area contributed by atoms with Gasteiger partial charge in [0.1, 0.15) is 6.33 Å². The van der Waals surface area contributed by atoms with Crippen LogP contribution in [0.4, 0.5) is 0 Å². The molecular formula is C8H3BrCl2N2O. The fourth-order valence-corrected chi connectivity index (χ4v) is 1.90. The monoisotopic (exact) mass is 292 g/mol. The van der Waals surface area contributed by atoms with Gasteiger partial charge in [0, 0.05) is 0 Å². The largest absolute Gasteiger partial charge is 0.493 e. The van der Waals surface area contributed by atoms with Crippen LogP contribution in [0.2, 0.25) is 10.0 Å². The second kappa shape index (κ2) is 3.53. The number of rotatable bonds is 0. The van der Waals surface area contributed by atoms with Gasteiger partial charge in [0.2, 0.25) is 5.88 Å². The van der Waals surface area contributed by atoms with E-state index in [1.807, 2.05) is 0 Å². The minimum atomic E-state index is -0.133. The van der Waals surface area contributed by atoms with Gasteiger partial charge < -0.3 is 5.11 Å². The highest BCUT2D eigenvalue weighted by atomic mass is 79.9. The molecule has 1 N–H and O–H groups in total. The van der Waals surface area contributed by atoms with Crippen LogP contribution in [0.1, 0.15) is 0 Å². The number of aromatic nitrogens is 2. The number of hydrogen-bond donors (Lipinski definition) is 1. The molecule has 72 valence electrons. The number of nitrogens with zero attached hydrogens (tertiary/aromatic N) is 2. The van der Waals surface area contributed by atoms with Crippen molar-refractivity contribution >= 4 is 50.0 Å². The van der Waals surface area contributed by atoms with Crippen LogP contribution in [0, 0.1) is 0 Å². The van der Waals surface area contributed by atoms with E-state index in [0.29, 0.717) is 25.4 Å². The lowest BCUT2D eigenvalue weighted by Gasteiger charge is -2.04. The fourth-order valence-electron chi connectivity index (χ4n) is 1.09. The number of aromatic hydroxyl groups is 1. The van der Waals surface area contributed by atoms with E-state index in [4.69, 9.17) is 23.2 Å². The minimum Gasteiger partial charge on any atom is -0.493 e. The Hall–Kier alpha value is -0.580. The summed E-state index contributed by atoms with van der Waals surface area (Å²) in [5.74, 6) is -0.133. The van der Waals surface area contributed by atoms with E-state index in [-0.39, 0.29) is 5.88 Å². The molecule has 0 saturated heterocycles. The Morgan fingerprint density at radius 2 is 2.00 bits per heavy atom. The number of halogens is 3. The highest BCUT2D eigenvalue weighted by molar-refractivity contribution is 9.10. The standard InChI is InChI=1S/C8H3BrCl2N2O/c9-5-4(10)1-3-7(6(5)11)12-2-13-8(3)14/h1-2H,(H,12,13,14). The van der Waals surface area contributed by atoms with Gasteiger partial charge >= 0.3 is 0 Å². The van der Waals surface area contributed by atoms with Crippen LogP contribution >= 0.6 is 39.1 Å². The molecule has 0 amide bonds. The molecule has 2 aromatic rings. The van der Waals surface area contributed by atoms with Gasteiger partial charge in [-0.2, -0.15) is 0 Å². The lowest BCUT2D eigenvalue weighted by molar-refractivity contribution is 0.459. The molecule has 0 radical (unpaired) electrons. The van der Waals surface area contributed by atoms with Crippen LogP contribution in [-0.4, -0.2) is 15.1 Å². The zero-order chi connectivity index (χ0) is 10.3. The first kappa shape index (κ1) is 9.96. The summed E-state index contributed by atoms with van der Waals surface area (Å²) < 4.78 is 0.562. The van der Waals surface area contributed by atoms with E-state index < -0.39 is 0 Å². The van der Waals surface area contributed by atoms with Crippen molar-refractivity contribution in [1.82, 2.24) is 9.97 Å². The predicted molar refractivity (Wildman–Crippen MR) is 58.9 cm³/mol. The lowest BCUT2D eigenvalue weighted by atomic mass is 10.2. The van der Waals surface area contributed by atoms with Crippen LogP contribution in [-0.2, 0) is 0 Å². The maximum atomic E-state index is 9.43. The Kier molecular flexibility index (Phi) is 2.51. The van der Waals surface area contributed by atoms with Gasteiger partial charge in [-0.05, 0) is 22.0 Å². The molecule has 1 aromatic carbocycles. The van der Waals surface area contributed by atoms with Crippen molar-refractivity contribution < 1.29 is 5.11 Å². The average molecular weight is 294 g/mol. The van der Waals surface area contributed by atoms with E-state index in [1.54, 1.807) is 6.07 Å². The predicted octanol–water partition coefficient (Wildman–Crippen LogP) is 3.40. The highest BCUT2D eigenvalue weighted by Crippen LogP contribution is 2.37. The minimum absolute atomic E-state index is 0.133. The van der Waals surface area contributed by atoms with Gasteiger partial charge in [-0.3, -0.25) is 0 Å². The van der Waals surface area contributed by atoms with Crippen molar-refractivity contribution in [2.75, 3.05) is 0 Å². The van der Waals surface area contributed by atoms with E-state index in [2.05, 4.69) is 25.9 Å². The van der Waals surface area contributed by atoms with Gasteiger partial charge in [0.15, 0.2) is 0 Å². The first-order valence-electron chi connectivity index (χ1n) is 3.58. The molecule has 0 fully saturated rings. The van der Waals surface area contributed by atoms with Gasteiger partial charge in [-0.1, -0.05) is 23.2 Å². The summed E-state index contributed by atoms with van der Waals surface area (Å²) in [5, 5.41) is 10.6. The summed E-state index contributed by atoms with van der Waals surface area (Å²) in [6.45, 7) is 0. The topological polar surface area (TPSA) is 46.0 Å². The smallest absolute Gasteiger partial charge is 0.222 e. The Morgan fingerprint density at radius 1 is 1.29 bits per heavy atom. The molecule has 0 atom stereocenters. The Bertz CT molecular complexity index is 518. The van der Waals surface area contributed by atoms with E-state index in [0.717, 1.165) is 0 Å². The van der Waals surface area contributed by atoms with E-state index >= 15 is 0 Å². The average Bonchev–Trinajstić information content (AvgIpc) is 2.17. The molecule has 0 spiro atoms. The van der Waals surface area contributed by atoms with Crippen molar-refractivity contribution in [3.63, 3.8) is 0 Å². The number of hydrogen-bond acceptors (Lipinski definition) is 3. The summed E-state index contributed by atoms with van der Waals surface area (Å²) in [6, 6.07) is 1.56. The van der Waals surface area contributed by atoms with Gasteiger partial charge in [-0.25, -0.2) is 9.97 Å². The molecular weight excluding hydrogens is 291 g/mol. The molecule has 0 aliphatic rings. The molecule has 14 heavy (non-hydrogen) atoms. The zero-order valence-corrected chi connectivity index (χ0v) is 9.73. The Morgan fingerprint density at radius 3 is 2.71 bits per heavy atom. The van der Waals surface area contributed by atoms with Crippen molar-refractivity contribution in [2.24, 2.45) is 0 Å². The molecule has 0 bridgehead atoms. The van der Waals surface area contributed by atoms with Crippen LogP contribution in [0.15, 0.2) is 16.9 Å². The van der Waals surface area contributed by atoms with Crippen LogP contribution in [0.25, 0.3) is 10.9 Å². The third kappa shape index (κ3) is 1.43. The summed E-state index contributed by atoms with van der Waals surface area (Å²) in [6.07, 6.45) is 1.24. The van der Waals surface area contributed by atoms with Gasteiger partial charge in [0.05, 0.1) is 25.4 Å². The normalized spacial score (nSPS) is 10.8. The van der Waals surface area contributed by atoms with E-state index in [9.17, 15) is 5.11 Å². The molecule has 1 aromatic heterocycles. The van der Waals surface area contributed by atoms with Crippen LogP contribution < -0.4 is 0 Å². The maximum Gasteiger partial charge on any atom is 0.222 e. The summed E-state index contributed by atoms with van der Waals surface area (Å²) >= 11 is 15.1. The third-order valence-corrected chi connectivity index (χ3v) is 3.69. The fraction of sp³-hybridized carbons (Fsp3) is 0. The van der Waals surface area contributed by atoms with Crippen molar-refractivity contribution in [3.05, 3.63) is 26.9 Å². The SMILES string of the molecule is Oc1ncnc2c(Cl)c(Br)c(Cl)cc12. The van der Waals surface area contributed by atoms with Crippen molar-refractivity contribution in [3.8, 4) is 5.88 Å². The number of fused-ring (bicyclic) bond motifs is 1. The first-order chi connectivity index (χ1) is 6.61. The Labute approximate surface area is 97.8 Å². The molecule has 0 aliphatic carbocycles. The van der Waals surface area contributed by atoms with Crippen molar-refractivity contribution in [2.45, 2.75) is 0 Å². The summed E-state index contributed by atoms with van der Waals surface area (Å²) in [5.41, 5.74) is 0.468. The zero-order valence-electron chi connectivity index (χ0n) is 6.63. The lowest BCUT2D eigenvalue weighted by Crippen LogP contribution is -1.85. The molecule has 6 heteroatoms. The first-order valence-corrected chi connectivity index (χ1v) is 5.13. The molecule has 0 aliphatic heterocycles. The molecule has 1 heterocycles. The molecule has 0 unspecified atom stereocenters. The molecule has 3 nitrogen and oxygen atoms in total. The molecule has 0 saturated carbocycles.